The maximum atomic E-state index is 11.5. The van der Waals surface area contributed by atoms with Crippen molar-refractivity contribution in [2.24, 2.45) is 0 Å². The second-order valence-corrected chi connectivity index (χ2v) is 4.81. The van der Waals surface area contributed by atoms with Crippen LogP contribution in [0.5, 0.6) is 0 Å². The number of anilines is 1. The summed E-state index contributed by atoms with van der Waals surface area (Å²) in [5.74, 6) is 0.0325. The number of esters is 1. The van der Waals surface area contributed by atoms with Crippen LogP contribution in [0.25, 0.3) is 0 Å². The van der Waals surface area contributed by atoms with Crippen molar-refractivity contribution in [1.82, 2.24) is 9.97 Å². The molecule has 1 saturated carbocycles. The van der Waals surface area contributed by atoms with Crippen molar-refractivity contribution in [3.63, 3.8) is 0 Å². The Morgan fingerprint density at radius 3 is 2.84 bits per heavy atom. The number of nitrogens with one attached hydrogen (secondary N) is 1. The second kappa shape index (κ2) is 5.97. The largest absolute Gasteiger partial charge is 0.463 e. The molecule has 0 radical (unpaired) electrons. The summed E-state index contributed by atoms with van der Waals surface area (Å²) in [7, 11) is 1.30. The first-order valence-electron chi connectivity index (χ1n) is 6.48. The fraction of sp³-hybridized carbons (Fsp3) is 0.615. The zero-order valence-electron chi connectivity index (χ0n) is 11.2. The Labute approximate surface area is 112 Å². The van der Waals surface area contributed by atoms with Gasteiger partial charge in [-0.15, -0.1) is 0 Å². The summed E-state index contributed by atoms with van der Waals surface area (Å²) in [5.41, 5.74) is 0.684. The molecule has 0 amide bonds. The molecular formula is C13H19N3O3. The van der Waals surface area contributed by atoms with Gasteiger partial charge in [0.1, 0.15) is 5.82 Å². The summed E-state index contributed by atoms with van der Waals surface area (Å²) in [5, 5.41) is 13.1. The van der Waals surface area contributed by atoms with Crippen LogP contribution in [-0.4, -0.2) is 40.3 Å². The number of hydrogen-bond acceptors (Lipinski definition) is 6. The second-order valence-electron chi connectivity index (χ2n) is 4.81. The lowest BCUT2D eigenvalue weighted by Crippen LogP contribution is -2.36. The van der Waals surface area contributed by atoms with Gasteiger partial charge < -0.3 is 15.2 Å². The molecule has 1 heterocycles. The highest BCUT2D eigenvalue weighted by Crippen LogP contribution is 2.21. The minimum absolute atomic E-state index is 0.0199. The predicted molar refractivity (Wildman–Crippen MR) is 70.0 cm³/mol. The van der Waals surface area contributed by atoms with Crippen LogP contribution in [0, 0.1) is 6.92 Å². The van der Waals surface area contributed by atoms with Crippen LogP contribution < -0.4 is 5.32 Å². The van der Waals surface area contributed by atoms with Gasteiger partial charge in [-0.1, -0.05) is 12.8 Å². The van der Waals surface area contributed by atoms with E-state index in [0.29, 0.717) is 11.5 Å². The molecular weight excluding hydrogens is 246 g/mol. The molecule has 2 N–H and O–H groups in total. The van der Waals surface area contributed by atoms with E-state index in [1.54, 1.807) is 13.0 Å². The van der Waals surface area contributed by atoms with E-state index in [1.807, 2.05) is 0 Å². The normalized spacial score (nSPS) is 22.9. The minimum Gasteiger partial charge on any atom is -0.463 e. The van der Waals surface area contributed by atoms with E-state index in [-0.39, 0.29) is 18.0 Å². The fourth-order valence-electron chi connectivity index (χ4n) is 2.29. The summed E-state index contributed by atoms with van der Waals surface area (Å²) in [4.78, 5) is 19.6. The molecule has 0 saturated heterocycles. The molecule has 1 aromatic heterocycles. The predicted octanol–water partition coefficient (Wildman–Crippen LogP) is 1.29. The molecule has 0 aromatic carbocycles. The van der Waals surface area contributed by atoms with Crippen LogP contribution >= 0.6 is 0 Å². The number of nitrogens with zero attached hydrogens (tertiary/aromatic N) is 2. The van der Waals surface area contributed by atoms with Crippen LogP contribution in [0.2, 0.25) is 0 Å². The van der Waals surface area contributed by atoms with E-state index in [0.717, 1.165) is 25.7 Å². The lowest BCUT2D eigenvalue weighted by molar-refractivity contribution is 0.0586. The number of methoxy groups -OCH3 is 1. The quantitative estimate of drug-likeness (QED) is 0.801. The smallest absolute Gasteiger partial charge is 0.376 e. The number of aliphatic hydroxyl groups is 1. The first-order chi connectivity index (χ1) is 9.10. The summed E-state index contributed by atoms with van der Waals surface area (Å²) in [6, 6.07) is 1.74. The topological polar surface area (TPSA) is 84.3 Å². The SMILES string of the molecule is COC(=O)c1nc(C)cc(NC2CCCCC2O)n1. The van der Waals surface area contributed by atoms with Gasteiger partial charge in [0.15, 0.2) is 0 Å². The number of hydrogen-bond donors (Lipinski definition) is 2. The lowest BCUT2D eigenvalue weighted by atomic mass is 9.92. The summed E-state index contributed by atoms with van der Waals surface area (Å²) in [6.07, 6.45) is 3.47. The third-order valence-corrected chi connectivity index (χ3v) is 3.28. The van der Waals surface area contributed by atoms with Gasteiger partial charge in [0, 0.05) is 11.8 Å². The number of aromatic nitrogens is 2. The third-order valence-electron chi connectivity index (χ3n) is 3.28. The highest BCUT2D eigenvalue weighted by Gasteiger charge is 2.23. The molecule has 0 bridgehead atoms. The molecule has 2 rings (SSSR count). The highest BCUT2D eigenvalue weighted by atomic mass is 16.5. The van der Waals surface area contributed by atoms with Crippen molar-refractivity contribution in [3.05, 3.63) is 17.6 Å². The number of aryl methyl sites for hydroxylation is 1. The van der Waals surface area contributed by atoms with Crippen LogP contribution in [0.3, 0.4) is 0 Å². The number of carbonyl (C=O) groups excluding carboxylic acids is 1. The number of aliphatic hydroxyl groups excluding tert-OH is 1. The van der Waals surface area contributed by atoms with Gasteiger partial charge in [-0.05, 0) is 19.8 Å². The monoisotopic (exact) mass is 265 g/mol. The summed E-state index contributed by atoms with van der Waals surface area (Å²) < 4.78 is 4.62. The molecule has 1 fully saturated rings. The van der Waals surface area contributed by atoms with Gasteiger partial charge in [0.25, 0.3) is 0 Å². The zero-order chi connectivity index (χ0) is 13.8. The van der Waals surface area contributed by atoms with E-state index in [2.05, 4.69) is 20.0 Å². The van der Waals surface area contributed by atoms with Gasteiger partial charge in [-0.25, -0.2) is 14.8 Å². The fourth-order valence-corrected chi connectivity index (χ4v) is 2.29. The standard InChI is InChI=1S/C13H19N3O3/c1-8-7-11(16-12(14-8)13(18)19-2)15-9-5-3-4-6-10(9)17/h7,9-10,17H,3-6H2,1-2H3,(H,14,15,16). The molecule has 2 atom stereocenters. The Balaban J connectivity index is 2.15. The van der Waals surface area contributed by atoms with Gasteiger partial charge in [-0.3, -0.25) is 0 Å². The molecule has 0 aliphatic heterocycles. The first kappa shape index (κ1) is 13.7. The molecule has 6 heteroatoms. The van der Waals surface area contributed by atoms with Crippen molar-refractivity contribution in [1.29, 1.82) is 0 Å². The number of ether oxygens (including phenoxy) is 1. The molecule has 1 aliphatic rings. The zero-order valence-corrected chi connectivity index (χ0v) is 11.2. The molecule has 1 aliphatic carbocycles. The molecule has 0 spiro atoms. The summed E-state index contributed by atoms with van der Waals surface area (Å²) >= 11 is 0. The van der Waals surface area contributed by atoms with Crippen LogP contribution in [0.15, 0.2) is 6.07 Å². The van der Waals surface area contributed by atoms with Gasteiger partial charge in [0.05, 0.1) is 19.3 Å². The van der Waals surface area contributed by atoms with Gasteiger partial charge in [0.2, 0.25) is 5.82 Å². The van der Waals surface area contributed by atoms with E-state index >= 15 is 0 Å². The van der Waals surface area contributed by atoms with Crippen molar-refractivity contribution in [3.8, 4) is 0 Å². The Morgan fingerprint density at radius 1 is 1.42 bits per heavy atom. The van der Waals surface area contributed by atoms with Crippen molar-refractivity contribution >= 4 is 11.8 Å². The van der Waals surface area contributed by atoms with E-state index in [1.165, 1.54) is 7.11 Å². The van der Waals surface area contributed by atoms with Gasteiger partial charge >= 0.3 is 5.97 Å². The van der Waals surface area contributed by atoms with E-state index < -0.39 is 5.97 Å². The van der Waals surface area contributed by atoms with Crippen LogP contribution in [0.1, 0.15) is 42.0 Å². The first-order valence-corrected chi connectivity index (χ1v) is 6.48. The maximum Gasteiger partial charge on any atom is 0.376 e. The Morgan fingerprint density at radius 2 is 2.16 bits per heavy atom. The van der Waals surface area contributed by atoms with Gasteiger partial charge in [-0.2, -0.15) is 0 Å². The van der Waals surface area contributed by atoms with E-state index in [4.69, 9.17) is 0 Å². The number of rotatable bonds is 3. The average molecular weight is 265 g/mol. The van der Waals surface area contributed by atoms with E-state index in [9.17, 15) is 9.90 Å². The molecule has 19 heavy (non-hydrogen) atoms. The Bertz CT molecular complexity index is 464. The maximum absolute atomic E-state index is 11.5. The Hall–Kier alpha value is -1.69. The molecule has 2 unspecified atom stereocenters. The minimum atomic E-state index is -0.559. The van der Waals surface area contributed by atoms with Crippen molar-refractivity contribution in [2.45, 2.75) is 44.8 Å². The highest BCUT2D eigenvalue weighted by molar-refractivity contribution is 5.85. The molecule has 6 nitrogen and oxygen atoms in total. The van der Waals surface area contributed by atoms with Crippen molar-refractivity contribution < 1.29 is 14.6 Å². The third kappa shape index (κ3) is 3.41. The van der Waals surface area contributed by atoms with Crippen LogP contribution in [0.4, 0.5) is 5.82 Å². The summed E-state index contributed by atoms with van der Waals surface area (Å²) in [6.45, 7) is 1.79. The van der Waals surface area contributed by atoms with Crippen molar-refractivity contribution in [2.75, 3.05) is 12.4 Å². The molecule has 1 aromatic rings. The lowest BCUT2D eigenvalue weighted by Gasteiger charge is -2.28. The number of carbonyl (C=O) groups is 1. The molecule has 104 valence electrons. The Kier molecular flexibility index (Phi) is 4.31. The average Bonchev–Trinajstić information content (AvgIpc) is 2.40. The van der Waals surface area contributed by atoms with Crippen LogP contribution in [-0.2, 0) is 4.74 Å².